The maximum atomic E-state index is 12.5. The van der Waals surface area contributed by atoms with Crippen LogP contribution in [-0.4, -0.2) is 70.7 Å². The lowest BCUT2D eigenvalue weighted by Gasteiger charge is -2.43. The van der Waals surface area contributed by atoms with Gasteiger partial charge in [-0.2, -0.15) is 0 Å². The predicted molar refractivity (Wildman–Crippen MR) is 165 cm³/mol. The number of rotatable bonds is 10. The first-order valence-electron chi connectivity index (χ1n) is 15.8. The summed E-state index contributed by atoms with van der Waals surface area (Å²) in [6.45, 7) is 8.31. The standard InChI is InChI=1S/C35H44N4O4/c1-25-32(23-39-19-5-7-31(39)22-38-17-2-3-18-38)42-35(43-33(25)28-12-10-27(24-40)11-13-28)29-14-8-26(9-15-29)20-37-34(41)30-6-4-16-36-21-30/h4,6,8-16,21,25,31-33,35,40H,2-3,5,7,17-20,22-24H2,1H3,(H,37,41)/t25-,31-,32+,33+,35+/m0/s1. The summed E-state index contributed by atoms with van der Waals surface area (Å²) >= 11 is 0. The van der Waals surface area contributed by atoms with Gasteiger partial charge >= 0.3 is 0 Å². The molecule has 8 nitrogen and oxygen atoms in total. The van der Waals surface area contributed by atoms with Crippen LogP contribution in [0.15, 0.2) is 73.1 Å². The summed E-state index contributed by atoms with van der Waals surface area (Å²) in [4.78, 5) is 21.8. The molecule has 8 heteroatoms. The van der Waals surface area contributed by atoms with Crippen molar-refractivity contribution in [2.45, 2.75) is 70.3 Å². The fraction of sp³-hybridized carbons (Fsp3) is 0.486. The second-order valence-corrected chi connectivity index (χ2v) is 12.3. The van der Waals surface area contributed by atoms with Crippen molar-refractivity contribution in [3.63, 3.8) is 0 Å². The van der Waals surface area contributed by atoms with Crippen LogP contribution < -0.4 is 5.32 Å². The highest BCUT2D eigenvalue weighted by Gasteiger charge is 2.40. The molecular formula is C35H44N4O4. The molecule has 0 spiro atoms. The smallest absolute Gasteiger partial charge is 0.253 e. The van der Waals surface area contributed by atoms with Crippen molar-refractivity contribution in [2.24, 2.45) is 5.92 Å². The summed E-state index contributed by atoms with van der Waals surface area (Å²) in [7, 11) is 0. The van der Waals surface area contributed by atoms with E-state index < -0.39 is 6.29 Å². The summed E-state index contributed by atoms with van der Waals surface area (Å²) in [5, 5.41) is 12.5. The zero-order chi connectivity index (χ0) is 29.6. The lowest BCUT2D eigenvalue weighted by atomic mass is 9.90. The Morgan fingerprint density at radius 1 is 0.930 bits per heavy atom. The number of hydrogen-bond donors (Lipinski definition) is 2. The van der Waals surface area contributed by atoms with Crippen molar-refractivity contribution in [2.75, 3.05) is 32.7 Å². The van der Waals surface area contributed by atoms with Gasteiger partial charge in [0.15, 0.2) is 6.29 Å². The summed E-state index contributed by atoms with van der Waals surface area (Å²) in [6, 6.07) is 20.3. The van der Waals surface area contributed by atoms with Crippen LogP contribution in [0.2, 0.25) is 0 Å². The molecule has 1 amide bonds. The van der Waals surface area contributed by atoms with Crippen LogP contribution in [0.3, 0.4) is 0 Å². The van der Waals surface area contributed by atoms with E-state index >= 15 is 0 Å². The topological polar surface area (TPSA) is 87.2 Å². The SMILES string of the molecule is C[C@H]1[C@@H](CN2CCC[C@H]2CN2CCCC2)O[C@@H](c2ccc(CNC(=O)c3cccnc3)cc2)O[C@H]1c1ccc(CO)cc1. The molecule has 2 aromatic carbocycles. The van der Waals surface area contributed by atoms with Crippen molar-refractivity contribution < 1.29 is 19.4 Å². The molecule has 2 N–H and O–H groups in total. The van der Waals surface area contributed by atoms with E-state index in [1.54, 1.807) is 24.5 Å². The zero-order valence-electron chi connectivity index (χ0n) is 25.1. The molecule has 3 saturated heterocycles. The third-order valence-electron chi connectivity index (χ3n) is 9.33. The molecule has 0 unspecified atom stereocenters. The molecule has 4 heterocycles. The maximum Gasteiger partial charge on any atom is 0.253 e. The number of aliphatic hydroxyl groups is 1. The van der Waals surface area contributed by atoms with Gasteiger partial charge in [0.2, 0.25) is 0 Å². The largest absolute Gasteiger partial charge is 0.392 e. The van der Waals surface area contributed by atoms with Gasteiger partial charge in [-0.05, 0) is 74.1 Å². The Morgan fingerprint density at radius 2 is 1.67 bits per heavy atom. The molecule has 5 atom stereocenters. The lowest BCUT2D eigenvalue weighted by molar-refractivity contribution is -0.276. The molecule has 6 rings (SSSR count). The molecule has 0 bridgehead atoms. The first-order chi connectivity index (χ1) is 21.1. The van der Waals surface area contributed by atoms with Gasteiger partial charge in [-0.25, -0.2) is 0 Å². The Bertz CT molecular complexity index is 1310. The van der Waals surface area contributed by atoms with Crippen molar-refractivity contribution in [1.29, 1.82) is 0 Å². The Morgan fingerprint density at radius 3 is 2.40 bits per heavy atom. The van der Waals surface area contributed by atoms with Crippen LogP contribution >= 0.6 is 0 Å². The van der Waals surface area contributed by atoms with Crippen molar-refractivity contribution in [3.8, 4) is 0 Å². The number of aromatic nitrogens is 1. The minimum Gasteiger partial charge on any atom is -0.392 e. The number of hydrogen-bond acceptors (Lipinski definition) is 7. The molecule has 0 aliphatic carbocycles. The van der Waals surface area contributed by atoms with Crippen molar-refractivity contribution in [3.05, 3.63) is 101 Å². The molecular weight excluding hydrogens is 540 g/mol. The number of aliphatic hydroxyl groups excluding tert-OH is 1. The summed E-state index contributed by atoms with van der Waals surface area (Å²) in [5.74, 6) is 0.0131. The molecule has 3 aromatic rings. The molecule has 228 valence electrons. The Kier molecular flexibility index (Phi) is 9.81. The highest BCUT2D eigenvalue weighted by atomic mass is 16.7. The molecule has 0 radical (unpaired) electrons. The normalized spacial score (nSPS) is 26.5. The van der Waals surface area contributed by atoms with Gasteiger partial charge in [-0.15, -0.1) is 0 Å². The highest BCUT2D eigenvalue weighted by Crippen LogP contribution is 2.42. The van der Waals surface area contributed by atoms with Gasteiger partial charge in [-0.1, -0.05) is 55.5 Å². The van der Waals surface area contributed by atoms with Gasteiger partial charge in [0.1, 0.15) is 0 Å². The summed E-state index contributed by atoms with van der Waals surface area (Å²) in [6.07, 6.45) is 7.74. The average Bonchev–Trinajstić information content (AvgIpc) is 3.74. The average molecular weight is 585 g/mol. The quantitative estimate of drug-likeness (QED) is 0.352. The van der Waals surface area contributed by atoms with Gasteiger partial charge in [0.25, 0.3) is 5.91 Å². The molecule has 3 aliphatic rings. The number of nitrogens with zero attached hydrogens (tertiary/aromatic N) is 3. The van der Waals surface area contributed by atoms with Gasteiger partial charge in [0.05, 0.1) is 24.4 Å². The van der Waals surface area contributed by atoms with E-state index in [0.717, 1.165) is 41.9 Å². The van der Waals surface area contributed by atoms with E-state index in [-0.39, 0.29) is 30.6 Å². The molecule has 0 saturated carbocycles. The van der Waals surface area contributed by atoms with Gasteiger partial charge in [-0.3, -0.25) is 14.7 Å². The number of amides is 1. The van der Waals surface area contributed by atoms with Crippen LogP contribution in [0.1, 0.15) is 77.6 Å². The molecule has 1 aromatic heterocycles. The lowest BCUT2D eigenvalue weighted by Crippen LogP contribution is -2.48. The number of pyridine rings is 1. The Balaban J connectivity index is 1.16. The Hall–Kier alpha value is -3.14. The highest BCUT2D eigenvalue weighted by molar-refractivity contribution is 5.93. The van der Waals surface area contributed by atoms with E-state index in [0.29, 0.717) is 18.2 Å². The van der Waals surface area contributed by atoms with Gasteiger partial charge in [0, 0.05) is 49.6 Å². The van der Waals surface area contributed by atoms with Crippen LogP contribution in [0.25, 0.3) is 0 Å². The van der Waals surface area contributed by atoms with Crippen LogP contribution in [0, 0.1) is 5.92 Å². The number of ether oxygens (including phenoxy) is 2. The van der Waals surface area contributed by atoms with E-state index in [2.05, 4.69) is 39.2 Å². The second-order valence-electron chi connectivity index (χ2n) is 12.3. The number of benzene rings is 2. The number of carbonyl (C=O) groups is 1. The Labute approximate surface area is 255 Å². The summed E-state index contributed by atoms with van der Waals surface area (Å²) in [5.41, 5.74) is 4.50. The maximum absolute atomic E-state index is 12.5. The minimum absolute atomic E-state index is 0.0129. The number of nitrogens with one attached hydrogen (secondary N) is 1. The van der Waals surface area contributed by atoms with Crippen LogP contribution in [0.5, 0.6) is 0 Å². The molecule has 3 aliphatic heterocycles. The van der Waals surface area contributed by atoms with E-state index in [1.165, 1.54) is 38.8 Å². The second kappa shape index (κ2) is 14.1. The first kappa shape index (κ1) is 29.9. The van der Waals surface area contributed by atoms with Crippen LogP contribution in [0.4, 0.5) is 0 Å². The number of likely N-dealkylation sites (tertiary alicyclic amines) is 2. The van der Waals surface area contributed by atoms with Crippen molar-refractivity contribution in [1.82, 2.24) is 20.1 Å². The molecule has 43 heavy (non-hydrogen) atoms. The van der Waals surface area contributed by atoms with Crippen LogP contribution in [-0.2, 0) is 22.6 Å². The van der Waals surface area contributed by atoms with E-state index in [9.17, 15) is 9.90 Å². The number of carbonyl (C=O) groups excluding carboxylic acids is 1. The van der Waals surface area contributed by atoms with Gasteiger partial charge < -0.3 is 24.8 Å². The van der Waals surface area contributed by atoms with E-state index in [4.69, 9.17) is 9.47 Å². The van der Waals surface area contributed by atoms with E-state index in [1.807, 2.05) is 36.4 Å². The fourth-order valence-electron chi connectivity index (χ4n) is 6.74. The van der Waals surface area contributed by atoms with Crippen molar-refractivity contribution >= 4 is 5.91 Å². The third kappa shape index (κ3) is 7.33. The minimum atomic E-state index is -0.498. The summed E-state index contributed by atoms with van der Waals surface area (Å²) < 4.78 is 13.4. The monoisotopic (exact) mass is 584 g/mol. The zero-order valence-corrected chi connectivity index (χ0v) is 25.1. The fourth-order valence-corrected chi connectivity index (χ4v) is 6.74. The third-order valence-corrected chi connectivity index (χ3v) is 9.33. The first-order valence-corrected chi connectivity index (χ1v) is 15.8. The predicted octanol–water partition coefficient (Wildman–Crippen LogP) is 4.86. The molecule has 3 fully saturated rings.